The molecule has 0 saturated carbocycles. The van der Waals surface area contributed by atoms with Gasteiger partial charge in [0.05, 0.1) is 10.6 Å². The fraction of sp³-hybridized carbons (Fsp3) is 0.391. The third-order valence-electron chi connectivity index (χ3n) is 5.79. The quantitative estimate of drug-likeness (QED) is 0.624. The van der Waals surface area contributed by atoms with Crippen LogP contribution < -0.4 is 14.8 Å². The minimum absolute atomic E-state index is 0.0802. The van der Waals surface area contributed by atoms with Gasteiger partial charge in [-0.15, -0.1) is 11.3 Å². The van der Waals surface area contributed by atoms with Gasteiger partial charge in [0, 0.05) is 25.2 Å². The number of carbonyl (C=O) groups excluding carboxylic acids is 1. The van der Waals surface area contributed by atoms with Crippen molar-refractivity contribution in [3.8, 4) is 22.3 Å². The summed E-state index contributed by atoms with van der Waals surface area (Å²) in [6, 6.07) is 9.33. The van der Waals surface area contributed by atoms with Crippen LogP contribution in [-0.2, 0) is 6.54 Å². The fourth-order valence-electron chi connectivity index (χ4n) is 4.13. The molecule has 1 fully saturated rings. The van der Waals surface area contributed by atoms with E-state index in [-0.39, 0.29) is 12.7 Å². The summed E-state index contributed by atoms with van der Waals surface area (Å²) >= 11 is 1.63. The van der Waals surface area contributed by atoms with Gasteiger partial charge in [0.2, 0.25) is 12.7 Å². The van der Waals surface area contributed by atoms with Crippen molar-refractivity contribution in [2.45, 2.75) is 26.3 Å². The van der Waals surface area contributed by atoms with Gasteiger partial charge in [-0.2, -0.15) is 0 Å². The van der Waals surface area contributed by atoms with Gasteiger partial charge in [-0.25, -0.2) is 4.98 Å². The normalized spacial score (nSPS) is 18.3. The zero-order valence-corrected chi connectivity index (χ0v) is 18.2. The summed E-state index contributed by atoms with van der Waals surface area (Å²) in [7, 11) is 0. The number of thiophene rings is 1. The van der Waals surface area contributed by atoms with Crippen LogP contribution in [0.5, 0.6) is 11.5 Å². The van der Waals surface area contributed by atoms with Crippen LogP contribution in [0, 0.1) is 12.8 Å². The summed E-state index contributed by atoms with van der Waals surface area (Å²) in [6.07, 6.45) is 2.22. The number of amides is 1. The van der Waals surface area contributed by atoms with Gasteiger partial charge in [-0.3, -0.25) is 9.69 Å². The topological polar surface area (TPSA) is 76.8 Å². The number of fused-ring (bicyclic) bond motifs is 1. The first-order valence-electron chi connectivity index (χ1n) is 10.6. The maximum absolute atomic E-state index is 12.6. The third-order valence-corrected chi connectivity index (χ3v) is 6.65. The van der Waals surface area contributed by atoms with Crippen LogP contribution in [0.3, 0.4) is 0 Å². The molecule has 0 aliphatic carbocycles. The van der Waals surface area contributed by atoms with Gasteiger partial charge in [0.1, 0.15) is 5.76 Å². The maximum atomic E-state index is 12.6. The molecule has 2 aliphatic heterocycles. The predicted molar refractivity (Wildman–Crippen MR) is 117 cm³/mol. The van der Waals surface area contributed by atoms with Gasteiger partial charge >= 0.3 is 0 Å². The Kier molecular flexibility index (Phi) is 5.65. The second kappa shape index (κ2) is 8.72. The molecule has 7 nitrogen and oxygen atoms in total. The lowest BCUT2D eigenvalue weighted by atomic mass is 9.97. The van der Waals surface area contributed by atoms with Crippen LogP contribution in [0.1, 0.15) is 34.7 Å². The number of carbonyl (C=O) groups is 1. The summed E-state index contributed by atoms with van der Waals surface area (Å²) in [5.41, 5.74) is 1.59. The van der Waals surface area contributed by atoms with E-state index >= 15 is 0 Å². The van der Waals surface area contributed by atoms with E-state index in [1.54, 1.807) is 29.5 Å². The molecule has 31 heavy (non-hydrogen) atoms. The predicted octanol–water partition coefficient (Wildman–Crippen LogP) is 4.08. The Morgan fingerprint density at radius 2 is 2.19 bits per heavy atom. The van der Waals surface area contributed by atoms with Crippen LogP contribution in [-0.4, -0.2) is 42.2 Å². The number of nitrogens with one attached hydrogen (secondary N) is 1. The molecule has 1 aromatic carbocycles. The standard InChI is InChI=1S/C23H25N3O4S/c1-15-18(25-23(30-15)21-5-3-9-31-21)13-26-8-2-4-16(12-26)11-24-22(27)17-6-7-19-20(10-17)29-14-28-19/h3,5-7,9-10,16H,2,4,8,11-14H2,1H3,(H,24,27). The van der Waals surface area contributed by atoms with E-state index in [4.69, 9.17) is 18.9 Å². The summed E-state index contributed by atoms with van der Waals surface area (Å²) in [6.45, 7) is 5.58. The smallest absolute Gasteiger partial charge is 0.251 e. The molecule has 1 unspecified atom stereocenters. The number of ether oxygens (including phenoxy) is 2. The van der Waals surface area contributed by atoms with Crippen molar-refractivity contribution in [1.82, 2.24) is 15.2 Å². The Labute approximate surface area is 185 Å². The molecule has 0 spiro atoms. The first-order valence-corrected chi connectivity index (χ1v) is 11.4. The van der Waals surface area contributed by atoms with Crippen molar-refractivity contribution in [1.29, 1.82) is 0 Å². The van der Waals surface area contributed by atoms with Crippen molar-refractivity contribution in [3.05, 3.63) is 52.7 Å². The largest absolute Gasteiger partial charge is 0.454 e. The zero-order valence-electron chi connectivity index (χ0n) is 17.4. The minimum Gasteiger partial charge on any atom is -0.454 e. The lowest BCUT2D eigenvalue weighted by Crippen LogP contribution is -2.40. The Hall–Kier alpha value is -2.84. The number of hydrogen-bond donors (Lipinski definition) is 1. The highest BCUT2D eigenvalue weighted by Crippen LogP contribution is 2.32. The van der Waals surface area contributed by atoms with Crippen molar-refractivity contribution in [3.63, 3.8) is 0 Å². The second-order valence-electron chi connectivity index (χ2n) is 8.02. The molecule has 0 radical (unpaired) electrons. The number of aromatic nitrogens is 1. The summed E-state index contributed by atoms with van der Waals surface area (Å²) < 4.78 is 16.6. The van der Waals surface area contributed by atoms with Crippen molar-refractivity contribution < 1.29 is 18.7 Å². The molecule has 1 atom stereocenters. The summed E-state index contributed by atoms with van der Waals surface area (Å²) in [4.78, 5) is 20.8. The van der Waals surface area contributed by atoms with E-state index in [1.165, 1.54) is 0 Å². The van der Waals surface area contributed by atoms with E-state index in [9.17, 15) is 4.79 Å². The van der Waals surface area contributed by atoms with Crippen LogP contribution >= 0.6 is 11.3 Å². The average Bonchev–Trinajstić information content (AvgIpc) is 3.53. The third kappa shape index (κ3) is 4.45. The van der Waals surface area contributed by atoms with Crippen LogP contribution in [0.2, 0.25) is 0 Å². The lowest BCUT2D eigenvalue weighted by Gasteiger charge is -2.32. The van der Waals surface area contributed by atoms with Crippen LogP contribution in [0.4, 0.5) is 0 Å². The van der Waals surface area contributed by atoms with Crippen LogP contribution in [0.15, 0.2) is 40.1 Å². The molecule has 2 aliphatic rings. The number of rotatable bonds is 6. The Bertz CT molecular complexity index is 1060. The van der Waals surface area contributed by atoms with Crippen LogP contribution in [0.25, 0.3) is 10.8 Å². The van der Waals surface area contributed by atoms with E-state index in [1.807, 2.05) is 24.4 Å². The monoisotopic (exact) mass is 439 g/mol. The number of benzene rings is 1. The van der Waals surface area contributed by atoms with Gasteiger partial charge in [0.15, 0.2) is 11.5 Å². The minimum atomic E-state index is -0.0802. The Balaban J connectivity index is 1.16. The van der Waals surface area contributed by atoms with Gasteiger partial charge in [0.25, 0.3) is 5.91 Å². The SMILES string of the molecule is Cc1oc(-c2cccs2)nc1CN1CCCC(CNC(=O)c2ccc3c(c2)OCO3)C1. The summed E-state index contributed by atoms with van der Waals surface area (Å²) in [5, 5.41) is 5.11. The molecule has 0 bridgehead atoms. The molecule has 2 aromatic heterocycles. The van der Waals surface area contributed by atoms with Gasteiger partial charge in [-0.1, -0.05) is 6.07 Å². The maximum Gasteiger partial charge on any atom is 0.251 e. The molecule has 1 saturated heterocycles. The van der Waals surface area contributed by atoms with Gasteiger partial charge < -0.3 is 19.2 Å². The highest BCUT2D eigenvalue weighted by molar-refractivity contribution is 7.13. The first kappa shape index (κ1) is 20.1. The molecule has 4 heterocycles. The number of nitrogens with zero attached hydrogens (tertiary/aromatic N) is 2. The number of hydrogen-bond acceptors (Lipinski definition) is 7. The van der Waals surface area contributed by atoms with Crippen molar-refractivity contribution >= 4 is 17.2 Å². The Morgan fingerprint density at radius 1 is 1.29 bits per heavy atom. The van der Waals surface area contributed by atoms with E-state index in [0.717, 1.165) is 48.8 Å². The van der Waals surface area contributed by atoms with Crippen molar-refractivity contribution in [2.75, 3.05) is 26.4 Å². The second-order valence-corrected chi connectivity index (χ2v) is 8.97. The number of oxazole rings is 1. The molecule has 3 aromatic rings. The van der Waals surface area contributed by atoms with E-state index < -0.39 is 0 Å². The van der Waals surface area contributed by atoms with Gasteiger partial charge in [-0.05, 0) is 61.9 Å². The first-order chi connectivity index (χ1) is 15.2. The molecule has 5 rings (SSSR count). The Morgan fingerprint density at radius 3 is 3.06 bits per heavy atom. The van der Waals surface area contributed by atoms with Crippen molar-refractivity contribution in [2.24, 2.45) is 5.92 Å². The lowest BCUT2D eigenvalue weighted by molar-refractivity contribution is 0.0929. The number of likely N-dealkylation sites (tertiary alicyclic amines) is 1. The highest BCUT2D eigenvalue weighted by atomic mass is 32.1. The molecule has 162 valence electrons. The average molecular weight is 440 g/mol. The molecular weight excluding hydrogens is 414 g/mol. The highest BCUT2D eigenvalue weighted by Gasteiger charge is 2.23. The summed E-state index contributed by atoms with van der Waals surface area (Å²) in [5.74, 6) is 3.22. The molecule has 8 heteroatoms. The molecule has 1 N–H and O–H groups in total. The molecule has 1 amide bonds. The fourth-order valence-corrected chi connectivity index (χ4v) is 4.78. The molecular formula is C23H25N3O4S. The van der Waals surface area contributed by atoms with E-state index in [0.29, 0.717) is 35.4 Å². The van der Waals surface area contributed by atoms with E-state index in [2.05, 4.69) is 10.2 Å². The number of piperidine rings is 1. The number of aryl methyl sites for hydroxylation is 1. The zero-order chi connectivity index (χ0) is 21.2.